The number of halogens is 1. The van der Waals surface area contributed by atoms with Gasteiger partial charge in [0.05, 0.1) is 5.69 Å². The third-order valence-corrected chi connectivity index (χ3v) is 3.44. The van der Waals surface area contributed by atoms with Crippen LogP contribution in [-0.2, 0) is 6.54 Å². The average molecular weight is 296 g/mol. The van der Waals surface area contributed by atoms with E-state index < -0.39 is 5.97 Å². The average Bonchev–Trinajstić information content (AvgIpc) is 2.74. The quantitative estimate of drug-likeness (QED) is 0.890. The maximum absolute atomic E-state index is 11.3. The van der Waals surface area contributed by atoms with Crippen LogP contribution in [0, 0.1) is 0 Å². The lowest BCUT2D eigenvalue weighted by Gasteiger charge is -2.16. The maximum Gasteiger partial charge on any atom is 0.356 e. The number of aromatic carboxylic acids is 1. The Labute approximate surface area is 122 Å². The number of fused-ring (bicyclic) bond motifs is 1. The predicted octanol–water partition coefficient (Wildman–Crippen LogP) is 2.92. The normalized spacial score (nSPS) is 11.4. The summed E-state index contributed by atoms with van der Waals surface area (Å²) in [6, 6.07) is 3.40. The van der Waals surface area contributed by atoms with Gasteiger partial charge in [-0.2, -0.15) is 0 Å². The van der Waals surface area contributed by atoms with Crippen molar-refractivity contribution in [1.82, 2.24) is 14.3 Å². The zero-order valence-corrected chi connectivity index (χ0v) is 12.4. The van der Waals surface area contributed by atoms with E-state index >= 15 is 0 Å². The number of imidazole rings is 1. The van der Waals surface area contributed by atoms with E-state index in [2.05, 4.69) is 16.8 Å². The molecule has 20 heavy (non-hydrogen) atoms. The van der Waals surface area contributed by atoms with Gasteiger partial charge in [0.1, 0.15) is 5.65 Å². The lowest BCUT2D eigenvalue weighted by Crippen LogP contribution is -2.21. The molecule has 0 saturated carbocycles. The van der Waals surface area contributed by atoms with Gasteiger partial charge in [0.2, 0.25) is 0 Å². The third kappa shape index (κ3) is 3.11. The molecule has 0 fully saturated rings. The van der Waals surface area contributed by atoms with Gasteiger partial charge in [0.25, 0.3) is 0 Å². The molecule has 0 amide bonds. The summed E-state index contributed by atoms with van der Waals surface area (Å²) in [4.78, 5) is 17.6. The van der Waals surface area contributed by atoms with E-state index in [0.717, 1.165) is 19.4 Å². The summed E-state index contributed by atoms with van der Waals surface area (Å²) in [6.07, 6.45) is 3.96. The van der Waals surface area contributed by atoms with E-state index in [1.54, 1.807) is 22.7 Å². The number of carboxylic acid groups (broad SMARTS) is 1. The van der Waals surface area contributed by atoms with Gasteiger partial charge in [0, 0.05) is 23.8 Å². The minimum Gasteiger partial charge on any atom is -0.476 e. The first-order valence-corrected chi connectivity index (χ1v) is 6.99. The monoisotopic (exact) mass is 295 g/mol. The van der Waals surface area contributed by atoms with Crippen molar-refractivity contribution in [2.45, 2.75) is 26.3 Å². The number of hydrogen-bond acceptors (Lipinski definition) is 3. The standard InChI is InChI=1S/C14H18ClN3O2/c1-3-4-6-17(2)9-11-13(14(19)20)16-12-8-10(15)5-7-18(11)12/h5,7-8H,3-4,6,9H2,1-2H3,(H,19,20). The highest BCUT2D eigenvalue weighted by molar-refractivity contribution is 6.30. The van der Waals surface area contributed by atoms with Crippen LogP contribution in [0.25, 0.3) is 5.65 Å². The summed E-state index contributed by atoms with van der Waals surface area (Å²) in [5.74, 6) is -1.01. The number of carboxylic acids is 1. The highest BCUT2D eigenvalue weighted by atomic mass is 35.5. The smallest absolute Gasteiger partial charge is 0.356 e. The number of nitrogens with zero attached hydrogens (tertiary/aromatic N) is 3. The molecular weight excluding hydrogens is 278 g/mol. The van der Waals surface area contributed by atoms with Crippen LogP contribution < -0.4 is 0 Å². The van der Waals surface area contributed by atoms with Crippen molar-refractivity contribution in [2.24, 2.45) is 0 Å². The fourth-order valence-electron chi connectivity index (χ4n) is 2.16. The fraction of sp³-hybridized carbons (Fsp3) is 0.429. The number of aromatic nitrogens is 2. The molecule has 0 aromatic carbocycles. The van der Waals surface area contributed by atoms with Gasteiger partial charge >= 0.3 is 5.97 Å². The van der Waals surface area contributed by atoms with Gasteiger partial charge in [-0.3, -0.25) is 0 Å². The number of pyridine rings is 1. The molecule has 0 spiro atoms. The van der Waals surface area contributed by atoms with Gasteiger partial charge < -0.3 is 14.4 Å². The molecule has 0 radical (unpaired) electrons. The zero-order valence-electron chi connectivity index (χ0n) is 11.6. The summed E-state index contributed by atoms with van der Waals surface area (Å²) in [5.41, 5.74) is 1.34. The Morgan fingerprint density at radius 1 is 1.55 bits per heavy atom. The van der Waals surface area contributed by atoms with Crippen molar-refractivity contribution in [3.63, 3.8) is 0 Å². The Bertz CT molecular complexity index is 624. The Morgan fingerprint density at radius 2 is 2.30 bits per heavy atom. The van der Waals surface area contributed by atoms with Gasteiger partial charge in [-0.05, 0) is 26.1 Å². The second-order valence-corrected chi connectivity index (χ2v) is 5.31. The number of unbranched alkanes of at least 4 members (excludes halogenated alkanes) is 1. The second-order valence-electron chi connectivity index (χ2n) is 4.88. The predicted molar refractivity (Wildman–Crippen MR) is 78.4 cm³/mol. The second kappa shape index (κ2) is 6.24. The van der Waals surface area contributed by atoms with Gasteiger partial charge in [-0.1, -0.05) is 24.9 Å². The molecular formula is C14H18ClN3O2. The largest absolute Gasteiger partial charge is 0.476 e. The third-order valence-electron chi connectivity index (χ3n) is 3.20. The van der Waals surface area contributed by atoms with Crippen molar-refractivity contribution in [2.75, 3.05) is 13.6 Å². The minimum absolute atomic E-state index is 0.0932. The van der Waals surface area contributed by atoms with E-state index in [1.807, 2.05) is 7.05 Å². The van der Waals surface area contributed by atoms with E-state index in [-0.39, 0.29) is 5.69 Å². The minimum atomic E-state index is -1.01. The fourth-order valence-corrected chi connectivity index (χ4v) is 2.31. The lowest BCUT2D eigenvalue weighted by molar-refractivity contribution is 0.0689. The molecule has 2 aromatic heterocycles. The lowest BCUT2D eigenvalue weighted by atomic mass is 10.2. The molecule has 6 heteroatoms. The van der Waals surface area contributed by atoms with Crippen molar-refractivity contribution in [3.8, 4) is 0 Å². The molecule has 2 rings (SSSR count). The Kier molecular flexibility index (Phi) is 4.62. The molecule has 5 nitrogen and oxygen atoms in total. The van der Waals surface area contributed by atoms with Crippen molar-refractivity contribution >= 4 is 23.2 Å². The van der Waals surface area contributed by atoms with Crippen LogP contribution in [0.4, 0.5) is 0 Å². The molecule has 0 bridgehead atoms. The summed E-state index contributed by atoms with van der Waals surface area (Å²) in [7, 11) is 1.98. The highest BCUT2D eigenvalue weighted by Gasteiger charge is 2.19. The Hall–Kier alpha value is -1.59. The summed E-state index contributed by atoms with van der Waals surface area (Å²) in [5, 5.41) is 9.84. The van der Waals surface area contributed by atoms with Crippen LogP contribution in [0.3, 0.4) is 0 Å². The van der Waals surface area contributed by atoms with Crippen LogP contribution in [-0.4, -0.2) is 39.0 Å². The van der Waals surface area contributed by atoms with E-state index in [9.17, 15) is 9.90 Å². The summed E-state index contributed by atoms with van der Waals surface area (Å²) >= 11 is 5.92. The molecule has 0 atom stereocenters. The molecule has 108 valence electrons. The SMILES string of the molecule is CCCCN(C)Cc1c(C(=O)O)nc2cc(Cl)ccn12. The summed E-state index contributed by atoms with van der Waals surface area (Å²) < 4.78 is 1.79. The van der Waals surface area contributed by atoms with Crippen LogP contribution in [0.1, 0.15) is 35.9 Å². The molecule has 1 N–H and O–H groups in total. The Morgan fingerprint density at radius 3 is 2.95 bits per heavy atom. The molecule has 2 aromatic rings. The van der Waals surface area contributed by atoms with Crippen molar-refractivity contribution in [3.05, 3.63) is 34.7 Å². The van der Waals surface area contributed by atoms with Gasteiger partial charge in [0.15, 0.2) is 5.69 Å². The van der Waals surface area contributed by atoms with Crippen LogP contribution in [0.5, 0.6) is 0 Å². The highest BCUT2D eigenvalue weighted by Crippen LogP contribution is 2.18. The molecule has 0 aliphatic rings. The van der Waals surface area contributed by atoms with E-state index in [1.165, 1.54) is 0 Å². The zero-order chi connectivity index (χ0) is 14.7. The van der Waals surface area contributed by atoms with Crippen LogP contribution in [0.2, 0.25) is 5.02 Å². The first kappa shape index (κ1) is 14.8. The Balaban J connectivity index is 2.38. The first-order chi connectivity index (χ1) is 9.52. The maximum atomic E-state index is 11.3. The molecule has 0 unspecified atom stereocenters. The number of hydrogen-bond donors (Lipinski definition) is 1. The van der Waals surface area contributed by atoms with Crippen molar-refractivity contribution < 1.29 is 9.90 Å². The van der Waals surface area contributed by atoms with Crippen LogP contribution in [0.15, 0.2) is 18.3 Å². The topological polar surface area (TPSA) is 57.8 Å². The van der Waals surface area contributed by atoms with E-state index in [0.29, 0.717) is 22.9 Å². The van der Waals surface area contributed by atoms with E-state index in [4.69, 9.17) is 11.6 Å². The van der Waals surface area contributed by atoms with Gasteiger partial charge in [-0.25, -0.2) is 9.78 Å². The molecule has 2 heterocycles. The summed E-state index contributed by atoms with van der Waals surface area (Å²) in [6.45, 7) is 3.60. The number of carbonyl (C=O) groups is 1. The number of rotatable bonds is 6. The van der Waals surface area contributed by atoms with Crippen LogP contribution >= 0.6 is 11.6 Å². The first-order valence-electron chi connectivity index (χ1n) is 6.61. The van der Waals surface area contributed by atoms with Crippen molar-refractivity contribution in [1.29, 1.82) is 0 Å². The molecule has 0 aliphatic heterocycles. The molecule has 0 saturated heterocycles. The van der Waals surface area contributed by atoms with Gasteiger partial charge in [-0.15, -0.1) is 0 Å². The molecule has 0 aliphatic carbocycles.